The molecule has 0 unspecified atom stereocenters. The van der Waals surface area contributed by atoms with Crippen LogP contribution in [-0.4, -0.2) is 69.1 Å². The number of ether oxygens (including phenoxy) is 1. The second kappa shape index (κ2) is 9.10. The zero-order valence-corrected chi connectivity index (χ0v) is 17.9. The first-order valence-corrected chi connectivity index (χ1v) is 11.9. The predicted octanol–water partition coefficient (Wildman–Crippen LogP) is 3.48. The number of benzene rings is 1. The lowest BCUT2D eigenvalue weighted by Gasteiger charge is -2.33. The molecule has 0 bridgehead atoms. The third-order valence-electron chi connectivity index (χ3n) is 5.56. The summed E-state index contributed by atoms with van der Waals surface area (Å²) in [6, 6.07) is 7.88. The van der Waals surface area contributed by atoms with Gasteiger partial charge in [0, 0.05) is 20.0 Å². The molecule has 2 aliphatic rings. The van der Waals surface area contributed by atoms with Crippen LogP contribution in [0.25, 0.3) is 5.57 Å². The van der Waals surface area contributed by atoms with Gasteiger partial charge in [-0.3, -0.25) is 4.90 Å². The van der Waals surface area contributed by atoms with Crippen molar-refractivity contribution in [2.24, 2.45) is 5.92 Å². The van der Waals surface area contributed by atoms with Gasteiger partial charge in [0.15, 0.2) is 0 Å². The summed E-state index contributed by atoms with van der Waals surface area (Å²) < 4.78 is 56.8. The highest BCUT2D eigenvalue weighted by atomic mass is 32.2. The van der Waals surface area contributed by atoms with Gasteiger partial charge in [0.1, 0.15) is 5.75 Å². The average molecular weight is 429 g/mol. The fourth-order valence-corrected chi connectivity index (χ4v) is 4.67. The Morgan fingerprint density at radius 3 is 2.31 bits per heavy atom. The minimum atomic E-state index is -3.14. The molecule has 2 aliphatic heterocycles. The first kappa shape index (κ1) is 22.2. The molecule has 0 spiro atoms. The fourth-order valence-electron chi connectivity index (χ4n) is 3.90. The molecular weight excluding hydrogens is 398 g/mol. The number of piperidine rings is 1. The van der Waals surface area contributed by atoms with Crippen LogP contribution in [-0.2, 0) is 10.0 Å². The van der Waals surface area contributed by atoms with E-state index in [-0.39, 0.29) is 6.54 Å². The molecule has 5 nitrogen and oxygen atoms in total. The van der Waals surface area contributed by atoms with Crippen LogP contribution in [0.4, 0.5) is 8.78 Å². The van der Waals surface area contributed by atoms with E-state index in [0.717, 1.165) is 36.7 Å². The molecule has 2 heterocycles. The quantitative estimate of drug-likeness (QED) is 0.667. The fraction of sp³-hybridized carbons (Fsp3) is 0.619. The molecule has 1 aromatic carbocycles. The highest BCUT2D eigenvalue weighted by Gasteiger charge is 2.28. The molecule has 0 radical (unpaired) electrons. The first-order chi connectivity index (χ1) is 13.6. The number of nitrogens with zero attached hydrogens (tertiary/aromatic N) is 2. The van der Waals surface area contributed by atoms with Gasteiger partial charge in [-0.1, -0.05) is 18.2 Å². The third kappa shape index (κ3) is 6.76. The first-order valence-electron chi connectivity index (χ1n) is 10.1. The lowest BCUT2D eigenvalue weighted by molar-refractivity contribution is -0.0238. The highest BCUT2D eigenvalue weighted by Crippen LogP contribution is 2.26. The van der Waals surface area contributed by atoms with Gasteiger partial charge in [-0.05, 0) is 61.5 Å². The van der Waals surface area contributed by atoms with Gasteiger partial charge in [-0.25, -0.2) is 17.2 Å². The molecule has 8 heteroatoms. The Labute approximate surface area is 172 Å². The molecule has 0 atom stereocenters. The van der Waals surface area contributed by atoms with E-state index < -0.39 is 15.9 Å². The number of sulfonamides is 1. The zero-order chi connectivity index (χ0) is 21.1. The Balaban J connectivity index is 1.45. The van der Waals surface area contributed by atoms with Crippen molar-refractivity contribution in [3.63, 3.8) is 0 Å². The van der Waals surface area contributed by atoms with Crippen molar-refractivity contribution in [1.82, 2.24) is 9.21 Å². The number of alkyl halides is 2. The molecule has 1 saturated heterocycles. The largest absolute Gasteiger partial charge is 0.493 e. The Kier molecular flexibility index (Phi) is 6.96. The number of hydrogen-bond acceptors (Lipinski definition) is 4. The molecule has 162 valence electrons. The van der Waals surface area contributed by atoms with Gasteiger partial charge in [-0.15, -0.1) is 0 Å². The van der Waals surface area contributed by atoms with Gasteiger partial charge in [0.25, 0.3) is 5.92 Å². The Morgan fingerprint density at radius 2 is 1.79 bits per heavy atom. The number of halogens is 2. The van der Waals surface area contributed by atoms with Crippen molar-refractivity contribution in [3.05, 3.63) is 35.9 Å². The van der Waals surface area contributed by atoms with Crippen molar-refractivity contribution >= 4 is 15.6 Å². The summed E-state index contributed by atoms with van der Waals surface area (Å²) in [5.41, 5.74) is 2.23. The lowest BCUT2D eigenvalue weighted by Crippen LogP contribution is -2.41. The van der Waals surface area contributed by atoms with Crippen LogP contribution in [0.3, 0.4) is 0 Å². The van der Waals surface area contributed by atoms with E-state index in [2.05, 4.69) is 0 Å². The normalized spacial score (nSPS) is 20.5. The van der Waals surface area contributed by atoms with Crippen LogP contribution in [0, 0.1) is 5.92 Å². The lowest BCUT2D eigenvalue weighted by atomic mass is 9.97. The molecule has 0 aromatic heterocycles. The van der Waals surface area contributed by atoms with Crippen LogP contribution >= 0.6 is 0 Å². The maximum absolute atomic E-state index is 13.1. The smallest absolute Gasteiger partial charge is 0.257 e. The van der Waals surface area contributed by atoms with Crippen molar-refractivity contribution < 1.29 is 21.9 Å². The standard InChI is InChI=1S/C21H30F2N2O3S/c1-21(22,23)16-24-11-7-17(8-12-24)15-28-20-5-3-18(4-6-20)19-9-13-25(14-10-19)29(2,26)27/h3-6,9,17H,7-8,10-16H2,1-2H3. The maximum Gasteiger partial charge on any atom is 0.257 e. The minimum Gasteiger partial charge on any atom is -0.493 e. The maximum atomic E-state index is 13.1. The van der Waals surface area contributed by atoms with E-state index in [0.29, 0.717) is 45.1 Å². The summed E-state index contributed by atoms with van der Waals surface area (Å²) >= 11 is 0. The predicted molar refractivity (Wildman–Crippen MR) is 111 cm³/mol. The number of likely N-dealkylation sites (tertiary alicyclic amines) is 1. The molecule has 0 N–H and O–H groups in total. The second-order valence-corrected chi connectivity index (χ2v) is 10.2. The highest BCUT2D eigenvalue weighted by molar-refractivity contribution is 7.88. The van der Waals surface area contributed by atoms with Crippen molar-refractivity contribution in [2.45, 2.75) is 32.1 Å². The van der Waals surface area contributed by atoms with E-state index in [1.54, 1.807) is 0 Å². The molecule has 1 aromatic rings. The number of rotatable bonds is 7. The molecular formula is C21H30F2N2O3S. The van der Waals surface area contributed by atoms with Gasteiger partial charge < -0.3 is 4.74 Å². The van der Waals surface area contributed by atoms with E-state index in [1.807, 2.05) is 35.2 Å². The summed E-state index contributed by atoms with van der Waals surface area (Å²) in [5, 5.41) is 0. The monoisotopic (exact) mass is 428 g/mol. The van der Waals surface area contributed by atoms with E-state index in [4.69, 9.17) is 4.74 Å². The van der Waals surface area contributed by atoms with Gasteiger partial charge in [0.05, 0.1) is 19.4 Å². The van der Waals surface area contributed by atoms with Gasteiger partial charge >= 0.3 is 0 Å². The summed E-state index contributed by atoms with van der Waals surface area (Å²) in [7, 11) is -3.14. The van der Waals surface area contributed by atoms with Crippen LogP contribution in [0.1, 0.15) is 31.7 Å². The molecule has 3 rings (SSSR count). The Hall–Kier alpha value is -1.51. The Morgan fingerprint density at radius 1 is 1.14 bits per heavy atom. The third-order valence-corrected chi connectivity index (χ3v) is 6.83. The van der Waals surface area contributed by atoms with Crippen LogP contribution < -0.4 is 4.74 Å². The van der Waals surface area contributed by atoms with Gasteiger partial charge in [0.2, 0.25) is 10.0 Å². The summed E-state index contributed by atoms with van der Waals surface area (Å²) in [5.74, 6) is -1.45. The number of hydrogen-bond donors (Lipinski definition) is 0. The van der Waals surface area contributed by atoms with Gasteiger partial charge in [-0.2, -0.15) is 4.31 Å². The molecule has 29 heavy (non-hydrogen) atoms. The van der Waals surface area contributed by atoms with Crippen LogP contribution in [0.15, 0.2) is 30.3 Å². The average Bonchev–Trinajstić information content (AvgIpc) is 2.66. The minimum absolute atomic E-state index is 0.167. The molecule has 1 fully saturated rings. The van der Waals surface area contributed by atoms with E-state index in [9.17, 15) is 17.2 Å². The van der Waals surface area contributed by atoms with E-state index >= 15 is 0 Å². The van der Waals surface area contributed by atoms with Crippen LogP contribution in [0.5, 0.6) is 5.75 Å². The van der Waals surface area contributed by atoms with Crippen LogP contribution in [0.2, 0.25) is 0 Å². The van der Waals surface area contributed by atoms with Crippen molar-refractivity contribution in [3.8, 4) is 5.75 Å². The SMILES string of the molecule is CC(F)(F)CN1CCC(COc2ccc(C3=CCN(S(C)(=O)=O)CC3)cc2)CC1. The summed E-state index contributed by atoms with van der Waals surface area (Å²) in [6.45, 7) is 3.70. The molecule has 0 amide bonds. The summed E-state index contributed by atoms with van der Waals surface area (Å²) in [6.07, 6.45) is 5.65. The van der Waals surface area contributed by atoms with E-state index in [1.165, 1.54) is 10.6 Å². The molecule has 0 aliphatic carbocycles. The topological polar surface area (TPSA) is 49.9 Å². The second-order valence-electron chi connectivity index (χ2n) is 8.23. The summed E-state index contributed by atoms with van der Waals surface area (Å²) in [4.78, 5) is 1.83. The van der Waals surface area contributed by atoms with Crippen molar-refractivity contribution in [1.29, 1.82) is 0 Å². The zero-order valence-electron chi connectivity index (χ0n) is 17.1. The Bertz CT molecular complexity index is 811. The van der Waals surface area contributed by atoms with Crippen molar-refractivity contribution in [2.75, 3.05) is 45.6 Å². The molecule has 0 saturated carbocycles.